The highest BCUT2D eigenvalue weighted by molar-refractivity contribution is 5.97. The Hall–Kier alpha value is -4.85. The maximum Gasteiger partial charge on any atom is 0.256 e. The molecule has 1 amide bonds. The second-order valence-electron chi connectivity index (χ2n) is 11.6. The molecular formula is C37H40N4O4. The van der Waals surface area contributed by atoms with Gasteiger partial charge >= 0.3 is 0 Å². The van der Waals surface area contributed by atoms with Crippen LogP contribution in [0.2, 0.25) is 0 Å². The molecule has 0 fully saturated rings. The fourth-order valence-electron chi connectivity index (χ4n) is 6.23. The van der Waals surface area contributed by atoms with Crippen LogP contribution in [-0.4, -0.2) is 42.8 Å². The van der Waals surface area contributed by atoms with E-state index in [-0.39, 0.29) is 16.9 Å². The highest BCUT2D eigenvalue weighted by atomic mass is 16.5. The number of methoxy groups -OCH3 is 2. The van der Waals surface area contributed by atoms with Gasteiger partial charge in [0.15, 0.2) is 0 Å². The number of hydrogen-bond acceptors (Lipinski definition) is 6. The molecule has 2 heterocycles. The first-order chi connectivity index (χ1) is 22.1. The van der Waals surface area contributed by atoms with Crippen LogP contribution in [0.3, 0.4) is 0 Å². The summed E-state index contributed by atoms with van der Waals surface area (Å²) >= 11 is 0. The number of carbonyl (C=O) groups excluding carboxylic acids is 1. The minimum atomic E-state index is -0.337. The van der Waals surface area contributed by atoms with Crippen molar-refractivity contribution in [3.63, 3.8) is 0 Å². The number of amides is 1. The van der Waals surface area contributed by atoms with E-state index in [1.807, 2.05) is 59.2 Å². The van der Waals surface area contributed by atoms with Gasteiger partial charge in [-0.05, 0) is 98.5 Å². The molecule has 0 spiro atoms. The molecule has 2 aromatic heterocycles. The summed E-state index contributed by atoms with van der Waals surface area (Å²) in [4.78, 5) is 31.5. The topological polar surface area (TPSA) is 94.5 Å². The monoisotopic (exact) mass is 604 g/mol. The van der Waals surface area contributed by atoms with E-state index < -0.39 is 0 Å². The number of carbonyl (C=O) groups is 1. The van der Waals surface area contributed by atoms with Crippen molar-refractivity contribution in [2.45, 2.75) is 51.5 Å². The second-order valence-corrected chi connectivity index (χ2v) is 11.6. The van der Waals surface area contributed by atoms with E-state index in [2.05, 4.69) is 16.7 Å². The zero-order valence-corrected chi connectivity index (χ0v) is 26.0. The maximum atomic E-state index is 13.3. The summed E-state index contributed by atoms with van der Waals surface area (Å²) in [5.41, 5.74) is 6.48. The van der Waals surface area contributed by atoms with Crippen LogP contribution >= 0.6 is 0 Å². The molecule has 0 radical (unpaired) electrons. The molecule has 0 atom stereocenters. The Kier molecular flexibility index (Phi) is 9.29. The van der Waals surface area contributed by atoms with E-state index in [1.165, 1.54) is 29.8 Å². The van der Waals surface area contributed by atoms with Gasteiger partial charge in [-0.15, -0.1) is 0 Å². The van der Waals surface area contributed by atoms with Crippen LogP contribution in [0.5, 0.6) is 11.5 Å². The van der Waals surface area contributed by atoms with Crippen molar-refractivity contribution in [2.75, 3.05) is 32.6 Å². The third-order valence-corrected chi connectivity index (χ3v) is 8.65. The Morgan fingerprint density at radius 3 is 2.44 bits per heavy atom. The van der Waals surface area contributed by atoms with E-state index in [9.17, 15) is 9.59 Å². The number of pyridine rings is 2. The van der Waals surface area contributed by atoms with Gasteiger partial charge in [0.1, 0.15) is 17.1 Å². The summed E-state index contributed by atoms with van der Waals surface area (Å²) in [6, 6.07) is 21.3. The molecule has 8 nitrogen and oxygen atoms in total. The number of ether oxygens (including phenoxy) is 2. The average Bonchev–Trinajstić information content (AvgIpc) is 3.08. The zero-order valence-electron chi connectivity index (χ0n) is 26.0. The number of aromatic nitrogens is 2. The average molecular weight is 605 g/mol. The number of nitrogens with one attached hydrogen (secondary N) is 2. The summed E-state index contributed by atoms with van der Waals surface area (Å²) in [5.74, 6) is 1.28. The van der Waals surface area contributed by atoms with Gasteiger partial charge in [-0.1, -0.05) is 24.3 Å². The predicted octanol–water partition coefficient (Wildman–Crippen LogP) is 6.51. The van der Waals surface area contributed by atoms with Gasteiger partial charge in [-0.25, -0.2) is 0 Å². The third-order valence-electron chi connectivity index (χ3n) is 8.65. The SMILES string of the molecule is COc1ccc(Cn2cc(C(=O)NCCCCCNc3c4c(nc5ccc(OC)cc35)CCCC4)c(=O)c3ccccc32)cc1. The number of benzene rings is 3. The van der Waals surface area contributed by atoms with Crippen molar-refractivity contribution in [1.82, 2.24) is 14.9 Å². The molecule has 2 N–H and O–H groups in total. The number of hydrogen-bond donors (Lipinski definition) is 2. The fourth-order valence-corrected chi connectivity index (χ4v) is 6.23. The van der Waals surface area contributed by atoms with E-state index in [0.29, 0.717) is 18.5 Å². The molecule has 6 rings (SSSR count). The standard InChI is InChI=1S/C37H40N4O4/c1-44-26-16-14-25(15-17-26)23-41-24-31(36(42)29-11-5-7-13-34(29)41)37(43)39-21-9-3-8-20-38-35-28-10-4-6-12-32(28)40-33-19-18-27(45-2)22-30(33)35/h5,7,11,13-19,22,24H,3-4,6,8-10,12,20-21,23H2,1-2H3,(H,38,40)(H,39,43). The molecule has 0 saturated heterocycles. The fraction of sp³-hybridized carbons (Fsp3) is 0.324. The molecule has 8 heteroatoms. The smallest absolute Gasteiger partial charge is 0.256 e. The largest absolute Gasteiger partial charge is 0.497 e. The lowest BCUT2D eigenvalue weighted by molar-refractivity contribution is 0.0951. The van der Waals surface area contributed by atoms with Crippen LogP contribution in [0, 0.1) is 0 Å². The Labute approximate surface area is 263 Å². The first kappa shape index (κ1) is 30.2. The lowest BCUT2D eigenvalue weighted by atomic mass is 9.92. The Balaban J connectivity index is 1.07. The molecule has 3 aromatic carbocycles. The van der Waals surface area contributed by atoms with E-state index in [4.69, 9.17) is 14.5 Å². The highest BCUT2D eigenvalue weighted by Crippen LogP contribution is 2.35. The quantitative estimate of drug-likeness (QED) is 0.158. The van der Waals surface area contributed by atoms with Crippen molar-refractivity contribution in [3.8, 4) is 11.5 Å². The molecule has 0 bridgehead atoms. The van der Waals surface area contributed by atoms with Crippen molar-refractivity contribution < 1.29 is 14.3 Å². The number of aryl methyl sites for hydroxylation is 1. The third kappa shape index (κ3) is 6.65. The van der Waals surface area contributed by atoms with Crippen LogP contribution in [0.4, 0.5) is 5.69 Å². The van der Waals surface area contributed by atoms with Gasteiger partial charge in [0, 0.05) is 48.0 Å². The van der Waals surface area contributed by atoms with E-state index in [1.54, 1.807) is 26.5 Å². The maximum absolute atomic E-state index is 13.3. The second kappa shape index (κ2) is 13.8. The summed E-state index contributed by atoms with van der Waals surface area (Å²) in [5, 5.41) is 8.34. The molecule has 5 aromatic rings. The van der Waals surface area contributed by atoms with Gasteiger partial charge in [0.2, 0.25) is 5.43 Å². The Morgan fingerprint density at radius 1 is 0.867 bits per heavy atom. The van der Waals surface area contributed by atoms with Crippen molar-refractivity contribution in [1.29, 1.82) is 0 Å². The zero-order chi connectivity index (χ0) is 31.2. The van der Waals surface area contributed by atoms with Gasteiger partial charge in [-0.2, -0.15) is 0 Å². The first-order valence-electron chi connectivity index (χ1n) is 15.8. The van der Waals surface area contributed by atoms with Crippen molar-refractivity contribution in [3.05, 3.63) is 106 Å². The Morgan fingerprint density at radius 2 is 1.62 bits per heavy atom. The number of para-hydroxylation sites is 1. The molecule has 0 unspecified atom stereocenters. The molecule has 0 saturated carbocycles. The summed E-state index contributed by atoms with van der Waals surface area (Å²) in [6.45, 7) is 1.87. The summed E-state index contributed by atoms with van der Waals surface area (Å²) < 4.78 is 12.7. The molecule has 1 aliphatic rings. The normalized spacial score (nSPS) is 12.6. The summed E-state index contributed by atoms with van der Waals surface area (Å²) in [7, 11) is 3.33. The van der Waals surface area contributed by atoms with Crippen LogP contribution in [0.15, 0.2) is 77.7 Å². The molecule has 232 valence electrons. The lowest BCUT2D eigenvalue weighted by Crippen LogP contribution is -2.30. The lowest BCUT2D eigenvalue weighted by Gasteiger charge is -2.22. The predicted molar refractivity (Wildman–Crippen MR) is 180 cm³/mol. The number of fused-ring (bicyclic) bond motifs is 3. The number of rotatable bonds is 12. The van der Waals surface area contributed by atoms with Crippen LogP contribution in [0.25, 0.3) is 21.8 Å². The molecule has 1 aliphatic carbocycles. The van der Waals surface area contributed by atoms with Crippen LogP contribution in [-0.2, 0) is 19.4 Å². The highest BCUT2D eigenvalue weighted by Gasteiger charge is 2.19. The van der Waals surface area contributed by atoms with E-state index in [0.717, 1.165) is 72.1 Å². The number of unbranched alkanes of at least 4 members (excludes halogenated alkanes) is 2. The molecule has 45 heavy (non-hydrogen) atoms. The minimum absolute atomic E-state index is 0.161. The van der Waals surface area contributed by atoms with Gasteiger partial charge < -0.3 is 24.7 Å². The molecular weight excluding hydrogens is 564 g/mol. The van der Waals surface area contributed by atoms with Crippen LogP contribution in [0.1, 0.15) is 59.3 Å². The van der Waals surface area contributed by atoms with Crippen molar-refractivity contribution >= 4 is 33.4 Å². The Bertz CT molecular complexity index is 1880. The van der Waals surface area contributed by atoms with Crippen molar-refractivity contribution in [2.24, 2.45) is 0 Å². The number of anilines is 1. The molecule has 0 aliphatic heterocycles. The summed E-state index contributed by atoms with van der Waals surface area (Å²) in [6.07, 6.45) is 8.85. The number of nitrogens with zero attached hydrogens (tertiary/aromatic N) is 2. The van der Waals surface area contributed by atoms with Gasteiger partial charge in [0.25, 0.3) is 5.91 Å². The van der Waals surface area contributed by atoms with Crippen LogP contribution < -0.4 is 25.5 Å². The van der Waals surface area contributed by atoms with Gasteiger partial charge in [0.05, 0.1) is 25.3 Å². The first-order valence-corrected chi connectivity index (χ1v) is 15.8. The minimum Gasteiger partial charge on any atom is -0.497 e. The van der Waals surface area contributed by atoms with E-state index >= 15 is 0 Å². The van der Waals surface area contributed by atoms with Gasteiger partial charge in [-0.3, -0.25) is 14.6 Å².